The Morgan fingerprint density at radius 2 is 1.62 bits per heavy atom. The number of hydrogen-bond donors (Lipinski definition) is 0. The van der Waals surface area contributed by atoms with Crippen LogP contribution in [0.5, 0.6) is 0 Å². The molecule has 2 fully saturated rings. The Labute approximate surface area is 251 Å². The van der Waals surface area contributed by atoms with E-state index in [2.05, 4.69) is 0 Å². The highest BCUT2D eigenvalue weighted by atomic mass is 35.5. The van der Waals surface area contributed by atoms with E-state index in [0.717, 1.165) is 60.1 Å². The number of benzene rings is 3. The first-order valence-electron chi connectivity index (χ1n) is 15.1. The number of carbonyl (C=O) groups excluding carboxylic acids is 2. The van der Waals surface area contributed by atoms with Gasteiger partial charge in [0.2, 0.25) is 0 Å². The summed E-state index contributed by atoms with van der Waals surface area (Å²) in [4.78, 5) is 32.7. The molecule has 0 bridgehead atoms. The van der Waals surface area contributed by atoms with Gasteiger partial charge in [-0.2, -0.15) is 0 Å². The highest BCUT2D eigenvalue weighted by Gasteiger charge is 2.70. The van der Waals surface area contributed by atoms with Crippen LogP contribution < -0.4 is 4.90 Å². The lowest BCUT2D eigenvalue weighted by atomic mass is 9.88. The third-order valence-electron chi connectivity index (χ3n) is 9.26. The first-order chi connectivity index (χ1) is 20.5. The van der Waals surface area contributed by atoms with Crippen LogP contribution in [0.3, 0.4) is 0 Å². The number of ether oxygens (including phenoxy) is 2. The van der Waals surface area contributed by atoms with Gasteiger partial charge in [0.25, 0.3) is 17.7 Å². The average Bonchev–Trinajstić information content (AvgIpc) is 3.54. The fourth-order valence-corrected chi connectivity index (χ4v) is 7.52. The summed E-state index contributed by atoms with van der Waals surface area (Å²) in [5.74, 6) is -1.58. The normalized spacial score (nSPS) is 25.6. The van der Waals surface area contributed by atoms with Crippen LogP contribution in [-0.4, -0.2) is 35.3 Å². The molecule has 0 radical (unpaired) electrons. The molecule has 0 aromatic heterocycles. The van der Waals surface area contributed by atoms with E-state index >= 15 is 0 Å². The Morgan fingerprint density at radius 1 is 0.905 bits per heavy atom. The fraction of sp³-hybridized carbons (Fsp3) is 0.371. The monoisotopic (exact) mass is 582 g/mol. The summed E-state index contributed by atoms with van der Waals surface area (Å²) >= 11 is 6.18. The molecule has 1 saturated carbocycles. The van der Waals surface area contributed by atoms with E-state index in [9.17, 15) is 9.59 Å². The molecule has 4 aliphatic rings. The largest absolute Gasteiger partial charge is 0.329 e. The summed E-state index contributed by atoms with van der Waals surface area (Å²) in [6, 6.07) is 25.5. The van der Waals surface area contributed by atoms with Gasteiger partial charge < -0.3 is 14.4 Å². The van der Waals surface area contributed by atoms with Gasteiger partial charge in [-0.05, 0) is 49.1 Å². The molecule has 0 N–H and O–H groups in total. The number of amides is 2. The van der Waals surface area contributed by atoms with Crippen LogP contribution >= 0.6 is 11.6 Å². The lowest BCUT2D eigenvalue weighted by Gasteiger charge is -2.43. The van der Waals surface area contributed by atoms with Crippen molar-refractivity contribution in [1.29, 1.82) is 0 Å². The van der Waals surface area contributed by atoms with Crippen molar-refractivity contribution in [2.24, 2.45) is 0 Å². The fourth-order valence-electron chi connectivity index (χ4n) is 7.40. The first-order valence-corrected chi connectivity index (χ1v) is 15.4. The average molecular weight is 583 g/mol. The van der Waals surface area contributed by atoms with Gasteiger partial charge in [-0.15, -0.1) is 0 Å². The maximum absolute atomic E-state index is 14.6. The maximum Gasteiger partial charge on any atom is 0.281 e. The Hall–Kier alpha value is -3.45. The van der Waals surface area contributed by atoms with Crippen LogP contribution in [0.25, 0.3) is 0 Å². The molecular formula is C35H35ClN2O4. The van der Waals surface area contributed by atoms with E-state index in [-0.39, 0.29) is 24.3 Å². The summed E-state index contributed by atoms with van der Waals surface area (Å²) in [5, 5.41) is 0.650. The summed E-state index contributed by atoms with van der Waals surface area (Å²) in [5.41, 5.74) is 3.85. The zero-order valence-corrected chi connectivity index (χ0v) is 24.6. The second kappa shape index (κ2) is 10.7. The van der Waals surface area contributed by atoms with E-state index in [1.54, 1.807) is 0 Å². The van der Waals surface area contributed by atoms with Gasteiger partial charge in [0.15, 0.2) is 5.60 Å². The number of para-hydroxylation sites is 1. The van der Waals surface area contributed by atoms with Crippen molar-refractivity contribution in [2.75, 3.05) is 11.5 Å². The lowest BCUT2D eigenvalue weighted by molar-refractivity contribution is -0.300. The standard InChI is InChI=1S/C35H35ClN2O4/c1-2-41-35-30(28(21-24-17-19-26(36)20-18-24)32(39)38(35)27-13-7-4-8-14-27)22-34(42-35)29-15-9-10-16-31(29)37(33(34)40)23-25-11-5-3-6-12-25/h3,5-6,9-12,15-20,27H,2,4,7-8,13-14,21-23H2,1H3/t34-,35+/m0/s1. The van der Waals surface area contributed by atoms with Crippen LogP contribution in [0.4, 0.5) is 5.69 Å². The Bertz CT molecular complexity index is 1550. The zero-order valence-electron chi connectivity index (χ0n) is 23.9. The summed E-state index contributed by atoms with van der Waals surface area (Å²) in [7, 11) is 0. The molecule has 3 heterocycles. The molecule has 2 amide bonds. The van der Waals surface area contributed by atoms with E-state index in [0.29, 0.717) is 30.2 Å². The molecule has 1 aliphatic carbocycles. The molecule has 1 saturated heterocycles. The van der Waals surface area contributed by atoms with Gasteiger partial charge in [-0.1, -0.05) is 91.5 Å². The van der Waals surface area contributed by atoms with Crippen molar-refractivity contribution in [3.8, 4) is 0 Å². The molecule has 216 valence electrons. The number of fused-ring (bicyclic) bond motifs is 3. The van der Waals surface area contributed by atoms with Crippen molar-refractivity contribution >= 4 is 29.1 Å². The second-order valence-electron chi connectivity index (χ2n) is 11.7. The van der Waals surface area contributed by atoms with Gasteiger partial charge in [0, 0.05) is 47.2 Å². The Balaban J connectivity index is 1.37. The minimum atomic E-state index is -1.42. The van der Waals surface area contributed by atoms with E-state index < -0.39 is 11.5 Å². The van der Waals surface area contributed by atoms with Crippen molar-refractivity contribution in [3.05, 3.63) is 112 Å². The Morgan fingerprint density at radius 3 is 2.36 bits per heavy atom. The summed E-state index contributed by atoms with van der Waals surface area (Å²) in [6.07, 6.45) is 5.74. The summed E-state index contributed by atoms with van der Waals surface area (Å²) in [6.45, 7) is 2.70. The van der Waals surface area contributed by atoms with Crippen LogP contribution in [0.2, 0.25) is 5.02 Å². The minimum Gasteiger partial charge on any atom is -0.329 e. The molecule has 6 nitrogen and oxygen atoms in total. The van der Waals surface area contributed by atoms with E-state index in [4.69, 9.17) is 21.1 Å². The number of nitrogens with zero attached hydrogens (tertiary/aromatic N) is 2. The smallest absolute Gasteiger partial charge is 0.281 e. The molecule has 0 unspecified atom stereocenters. The predicted octanol–water partition coefficient (Wildman–Crippen LogP) is 6.91. The molecule has 2 atom stereocenters. The zero-order chi connectivity index (χ0) is 28.9. The molecule has 3 aromatic rings. The van der Waals surface area contributed by atoms with Gasteiger partial charge in [0.1, 0.15) is 0 Å². The molecule has 42 heavy (non-hydrogen) atoms. The van der Waals surface area contributed by atoms with Crippen LogP contribution in [-0.2, 0) is 37.6 Å². The number of halogens is 1. The molecule has 7 heteroatoms. The SMILES string of the molecule is CCO[C@@]12O[C@]3(CC1=C(Cc1ccc(Cl)cc1)C(=O)N2C1CCCCC1)C(=O)N(Cc1ccccc1)c1ccccc13. The highest BCUT2D eigenvalue weighted by molar-refractivity contribution is 6.30. The van der Waals surface area contributed by atoms with Gasteiger partial charge in [0.05, 0.1) is 12.2 Å². The van der Waals surface area contributed by atoms with Gasteiger partial charge in [-0.25, -0.2) is 0 Å². The van der Waals surface area contributed by atoms with Crippen LogP contribution in [0.15, 0.2) is 90.0 Å². The third-order valence-corrected chi connectivity index (χ3v) is 9.51. The number of carbonyl (C=O) groups is 2. The Kier molecular flexibility index (Phi) is 6.96. The lowest BCUT2D eigenvalue weighted by Crippen LogP contribution is -2.57. The van der Waals surface area contributed by atoms with Crippen LogP contribution in [0, 0.1) is 0 Å². The topological polar surface area (TPSA) is 59.1 Å². The molecule has 7 rings (SSSR count). The number of rotatable bonds is 7. The maximum atomic E-state index is 14.6. The second-order valence-corrected chi connectivity index (χ2v) is 12.2. The highest BCUT2D eigenvalue weighted by Crippen LogP contribution is 2.60. The van der Waals surface area contributed by atoms with Crippen LogP contribution in [0.1, 0.15) is 62.1 Å². The predicted molar refractivity (Wildman–Crippen MR) is 162 cm³/mol. The summed E-state index contributed by atoms with van der Waals surface area (Å²) < 4.78 is 13.7. The first kappa shape index (κ1) is 27.4. The molecule has 3 aromatic carbocycles. The molecular weight excluding hydrogens is 548 g/mol. The molecule has 1 spiro atoms. The van der Waals surface area contributed by atoms with Crippen molar-refractivity contribution in [1.82, 2.24) is 4.90 Å². The van der Waals surface area contributed by atoms with Gasteiger partial charge in [-0.3, -0.25) is 14.5 Å². The molecule has 3 aliphatic heterocycles. The van der Waals surface area contributed by atoms with E-state index in [1.807, 2.05) is 95.6 Å². The number of anilines is 1. The van der Waals surface area contributed by atoms with E-state index in [1.165, 1.54) is 0 Å². The van der Waals surface area contributed by atoms with Crippen molar-refractivity contribution in [2.45, 2.75) is 76.0 Å². The van der Waals surface area contributed by atoms with Crippen molar-refractivity contribution < 1.29 is 19.1 Å². The number of hydrogen-bond acceptors (Lipinski definition) is 4. The minimum absolute atomic E-state index is 0.0159. The van der Waals surface area contributed by atoms with Gasteiger partial charge >= 0.3 is 0 Å². The van der Waals surface area contributed by atoms with Crippen molar-refractivity contribution in [3.63, 3.8) is 0 Å². The quantitative estimate of drug-likeness (QED) is 0.304. The third kappa shape index (κ3) is 4.23.